The smallest absolute Gasteiger partial charge is 0.161 e. The van der Waals surface area contributed by atoms with Gasteiger partial charge in [-0.2, -0.15) is 15.3 Å². The number of fused-ring (bicyclic) bond motifs is 2. The van der Waals surface area contributed by atoms with Crippen molar-refractivity contribution in [3.8, 4) is 67.6 Å². The number of methoxy groups -OCH3 is 2. The first-order chi connectivity index (χ1) is 27.6. The van der Waals surface area contributed by atoms with Crippen LogP contribution in [0.15, 0.2) is 118 Å². The first-order valence-electron chi connectivity index (χ1n) is 17.1. The Labute approximate surface area is 315 Å². The van der Waals surface area contributed by atoms with Gasteiger partial charge in [0.1, 0.15) is 47.2 Å². The lowest BCUT2D eigenvalue weighted by Crippen LogP contribution is -2.00. The largest absolute Gasteiger partial charge is 0.495 e. The fourth-order valence-electron chi connectivity index (χ4n) is 6.69. The fraction of sp³-hybridized carbons (Fsp3) is 0.0513. The van der Waals surface area contributed by atoms with E-state index in [9.17, 15) is 0 Å². The lowest BCUT2D eigenvalue weighted by atomic mass is 9.96. The van der Waals surface area contributed by atoms with Crippen LogP contribution in [0.5, 0.6) is 11.5 Å². The molecule has 0 spiro atoms. The third-order valence-electron chi connectivity index (χ3n) is 9.36. The molecule has 17 heteroatoms. The highest BCUT2D eigenvalue weighted by molar-refractivity contribution is 6.02. The number of anilines is 4. The van der Waals surface area contributed by atoms with Crippen molar-refractivity contribution in [3.05, 3.63) is 105 Å². The van der Waals surface area contributed by atoms with E-state index < -0.39 is 0 Å². The molecule has 8 aromatic heterocycles. The minimum Gasteiger partial charge on any atom is -0.495 e. The summed E-state index contributed by atoms with van der Waals surface area (Å²) in [6.07, 6.45) is 14.7. The van der Waals surface area contributed by atoms with Crippen LogP contribution in [-0.4, -0.2) is 64.7 Å². The molecule has 0 bridgehead atoms. The number of ether oxygens (including phenoxy) is 2. The van der Waals surface area contributed by atoms with E-state index in [1.165, 1.54) is 12.7 Å². The van der Waals surface area contributed by atoms with Crippen molar-refractivity contribution in [2.45, 2.75) is 0 Å². The van der Waals surface area contributed by atoms with E-state index >= 15 is 0 Å². The molecule has 5 N–H and O–H groups in total. The van der Waals surface area contributed by atoms with Crippen LogP contribution >= 0.6 is 0 Å². The van der Waals surface area contributed by atoms with Gasteiger partial charge in [0.05, 0.1) is 73.9 Å². The number of benzene rings is 2. The number of hydrogen-bond donors (Lipinski definition) is 5. The molecule has 0 aliphatic heterocycles. The molecular formula is C39H28N12O5. The van der Waals surface area contributed by atoms with Gasteiger partial charge in [-0.15, -0.1) is 0 Å². The Balaban J connectivity index is 1.04. The molecule has 0 aliphatic rings. The summed E-state index contributed by atoms with van der Waals surface area (Å²) in [6.45, 7) is 0. The second-order valence-electron chi connectivity index (χ2n) is 12.5. The molecule has 10 aromatic rings. The molecule has 17 nitrogen and oxygen atoms in total. The minimum absolute atomic E-state index is 0.484. The third-order valence-corrected chi connectivity index (χ3v) is 9.36. The lowest BCUT2D eigenvalue weighted by Gasteiger charge is -2.16. The molecule has 2 aromatic carbocycles. The van der Waals surface area contributed by atoms with Gasteiger partial charge in [0, 0.05) is 28.5 Å². The molecule has 0 aliphatic carbocycles. The monoisotopic (exact) mass is 744 g/mol. The summed E-state index contributed by atoms with van der Waals surface area (Å²) in [5.74, 6) is 2.69. The number of rotatable bonds is 11. The highest BCUT2D eigenvalue weighted by Gasteiger charge is 2.23. The maximum Gasteiger partial charge on any atom is 0.161 e. The lowest BCUT2D eigenvalue weighted by molar-refractivity contribution is 0.417. The number of aromatic nitrogens is 10. The van der Waals surface area contributed by atoms with Crippen LogP contribution in [0.3, 0.4) is 0 Å². The van der Waals surface area contributed by atoms with E-state index in [1.54, 1.807) is 57.9 Å². The topological polar surface area (TPSA) is 220 Å². The normalized spacial score (nSPS) is 11.4. The molecule has 0 atom stereocenters. The molecule has 0 radical (unpaired) electrons. The van der Waals surface area contributed by atoms with Crippen molar-refractivity contribution in [1.29, 1.82) is 0 Å². The first-order valence-corrected chi connectivity index (χ1v) is 17.1. The van der Waals surface area contributed by atoms with Crippen molar-refractivity contribution in [2.75, 3.05) is 24.9 Å². The molecule has 274 valence electrons. The summed E-state index contributed by atoms with van der Waals surface area (Å²) in [5.41, 5.74) is 9.46. The van der Waals surface area contributed by atoms with Gasteiger partial charge >= 0.3 is 0 Å². The Bertz CT molecular complexity index is 2960. The van der Waals surface area contributed by atoms with Gasteiger partial charge in [-0.05, 0) is 59.2 Å². The third kappa shape index (κ3) is 5.54. The highest BCUT2D eigenvalue weighted by atomic mass is 16.5. The molecular weight excluding hydrogens is 717 g/mol. The number of aromatic amines is 3. The zero-order valence-electron chi connectivity index (χ0n) is 29.5. The fourth-order valence-corrected chi connectivity index (χ4v) is 6.69. The molecule has 0 saturated carbocycles. The summed E-state index contributed by atoms with van der Waals surface area (Å²) in [5, 5.41) is 30.2. The molecule has 10 rings (SSSR count). The Morgan fingerprint density at radius 1 is 0.607 bits per heavy atom. The van der Waals surface area contributed by atoms with Crippen LogP contribution in [0, 0.1) is 0 Å². The van der Waals surface area contributed by atoms with Crippen LogP contribution in [-0.2, 0) is 0 Å². The van der Waals surface area contributed by atoms with E-state index in [4.69, 9.17) is 22.7 Å². The van der Waals surface area contributed by atoms with Crippen molar-refractivity contribution in [3.63, 3.8) is 0 Å². The van der Waals surface area contributed by atoms with E-state index in [0.29, 0.717) is 73.7 Å². The average molecular weight is 745 g/mol. The van der Waals surface area contributed by atoms with Crippen LogP contribution < -0.4 is 20.1 Å². The van der Waals surface area contributed by atoms with Crippen LogP contribution in [0.4, 0.5) is 23.0 Å². The number of nitrogens with zero attached hydrogens (tertiary/aromatic N) is 7. The van der Waals surface area contributed by atoms with E-state index in [0.717, 1.165) is 38.9 Å². The molecule has 8 heterocycles. The first kappa shape index (κ1) is 32.4. The minimum atomic E-state index is 0.484. The van der Waals surface area contributed by atoms with Crippen LogP contribution in [0.2, 0.25) is 0 Å². The summed E-state index contributed by atoms with van der Waals surface area (Å²) in [6, 6.07) is 15.4. The van der Waals surface area contributed by atoms with E-state index in [-0.39, 0.29) is 0 Å². The predicted octanol–water partition coefficient (Wildman–Crippen LogP) is 8.36. The number of nitrogens with one attached hydrogen (secondary N) is 5. The summed E-state index contributed by atoms with van der Waals surface area (Å²) < 4.78 is 28.7. The summed E-state index contributed by atoms with van der Waals surface area (Å²) in [4.78, 5) is 18.0. The number of H-pyrrole nitrogens is 3. The summed E-state index contributed by atoms with van der Waals surface area (Å²) >= 11 is 0. The van der Waals surface area contributed by atoms with Crippen molar-refractivity contribution in [1.82, 2.24) is 50.5 Å². The standard InChI is InChI=1S/C39H28N12O5/c1-52-29-4-3-20(21-5-7-54-15-21)9-27(29)46-37-33-35(49-51-39(33)43-19-41-37)31-10-23(17-56-31)26-12-30(53-2)28(11-25(26)22-6-8-55-16-22)47-36-32-34(24-13-44-45-14-24)48-50-38(32)42-18-40-36/h3-19H,1-2H3,(H,44,45)(H2,40,42,47,48,50)(H2,41,43,46,49,51). The maximum atomic E-state index is 6.23. The Morgan fingerprint density at radius 3 is 1.96 bits per heavy atom. The maximum absolute atomic E-state index is 6.23. The molecule has 0 saturated heterocycles. The molecule has 0 fully saturated rings. The van der Waals surface area contributed by atoms with E-state index in [2.05, 4.69) is 61.2 Å². The number of hydrogen-bond acceptors (Lipinski definition) is 14. The summed E-state index contributed by atoms with van der Waals surface area (Å²) in [7, 11) is 3.22. The quantitative estimate of drug-likeness (QED) is 0.0840. The Morgan fingerprint density at radius 2 is 1.29 bits per heavy atom. The second kappa shape index (κ2) is 13.3. The molecule has 56 heavy (non-hydrogen) atoms. The zero-order valence-corrected chi connectivity index (χ0v) is 29.5. The SMILES string of the molecule is COc1cc(-c2coc(-c3n[nH]c4ncnc(Nc5cc(-c6ccoc6)ccc5OC)c34)c2)c(-c2ccoc2)cc1Nc1ncnc2[nH]nc(-c3cn[nH]c3)c12. The highest BCUT2D eigenvalue weighted by Crippen LogP contribution is 2.44. The Hall–Kier alpha value is -8.21. The van der Waals surface area contributed by atoms with Gasteiger partial charge in [0.15, 0.2) is 17.1 Å². The average Bonchev–Trinajstić information content (AvgIpc) is 4.08. The molecule has 0 amide bonds. The predicted molar refractivity (Wildman–Crippen MR) is 206 cm³/mol. The number of furan rings is 3. The van der Waals surface area contributed by atoms with Gasteiger partial charge in [0.2, 0.25) is 0 Å². The van der Waals surface area contributed by atoms with Crippen LogP contribution in [0.1, 0.15) is 0 Å². The zero-order chi connectivity index (χ0) is 37.6. The van der Waals surface area contributed by atoms with Gasteiger partial charge < -0.3 is 33.4 Å². The van der Waals surface area contributed by atoms with Gasteiger partial charge in [-0.1, -0.05) is 6.07 Å². The van der Waals surface area contributed by atoms with Gasteiger partial charge in [-0.25, -0.2) is 19.9 Å². The van der Waals surface area contributed by atoms with Crippen molar-refractivity contribution >= 4 is 45.1 Å². The van der Waals surface area contributed by atoms with Gasteiger partial charge in [0.25, 0.3) is 0 Å². The molecule has 0 unspecified atom stereocenters. The van der Waals surface area contributed by atoms with E-state index in [1.807, 2.05) is 48.5 Å². The second-order valence-corrected chi connectivity index (χ2v) is 12.5. The van der Waals surface area contributed by atoms with Crippen molar-refractivity contribution in [2.24, 2.45) is 0 Å². The van der Waals surface area contributed by atoms with Crippen LogP contribution in [0.25, 0.3) is 78.2 Å². The van der Waals surface area contributed by atoms with Crippen molar-refractivity contribution < 1.29 is 22.7 Å². The Kier molecular flexibility index (Phi) is 7.72. The van der Waals surface area contributed by atoms with Gasteiger partial charge in [-0.3, -0.25) is 15.3 Å².